The Bertz CT molecular complexity index is 515. The van der Waals surface area contributed by atoms with Gasteiger partial charge in [0, 0.05) is 19.5 Å². The molecule has 1 aliphatic rings. The first-order valence-corrected chi connectivity index (χ1v) is 7.55. The monoisotopic (exact) mass is 285 g/mol. The second kappa shape index (κ2) is 6.62. The van der Waals surface area contributed by atoms with Crippen molar-refractivity contribution in [1.29, 1.82) is 5.26 Å². The number of piperidine rings is 1. The number of hydrogen-bond acceptors (Lipinski definition) is 3. The Labute approximate surface area is 126 Å². The number of nitrogens with one attached hydrogen (secondary N) is 1. The van der Waals surface area contributed by atoms with Gasteiger partial charge in [-0.05, 0) is 31.2 Å². The van der Waals surface area contributed by atoms with Gasteiger partial charge in [-0.15, -0.1) is 0 Å². The first-order chi connectivity index (χ1) is 10.0. The van der Waals surface area contributed by atoms with Crippen LogP contribution in [0.4, 0.5) is 0 Å². The van der Waals surface area contributed by atoms with Crippen LogP contribution in [0.2, 0.25) is 0 Å². The molecule has 0 unspecified atom stereocenters. The number of rotatable bonds is 4. The lowest BCUT2D eigenvalue weighted by atomic mass is 9.89. The molecular formula is C17H23N3O. The summed E-state index contributed by atoms with van der Waals surface area (Å²) in [5.74, 6) is 0.707. The average Bonchev–Trinajstić information content (AvgIpc) is 2.48. The molecule has 4 heteroatoms. The Balaban J connectivity index is 2.13. The highest BCUT2D eigenvalue weighted by Gasteiger charge is 2.37. The van der Waals surface area contributed by atoms with Gasteiger partial charge in [0.2, 0.25) is 5.91 Å². The predicted octanol–water partition coefficient (Wildman–Crippen LogP) is 2.32. The molecule has 1 aromatic rings. The van der Waals surface area contributed by atoms with Crippen LogP contribution in [0.5, 0.6) is 0 Å². The van der Waals surface area contributed by atoms with E-state index in [0.29, 0.717) is 12.3 Å². The average molecular weight is 285 g/mol. The SMILES string of the molecule is CC1CCN(C(=O)[C@](C)(Cc2ccccc2)NC#N)CC1. The van der Waals surface area contributed by atoms with Gasteiger partial charge in [0.25, 0.3) is 0 Å². The van der Waals surface area contributed by atoms with Gasteiger partial charge in [-0.2, -0.15) is 5.26 Å². The fourth-order valence-electron chi connectivity index (χ4n) is 2.86. The molecule has 112 valence electrons. The van der Waals surface area contributed by atoms with Crippen molar-refractivity contribution in [2.24, 2.45) is 5.92 Å². The zero-order chi connectivity index (χ0) is 15.3. The number of nitrogens with zero attached hydrogens (tertiary/aromatic N) is 2. The van der Waals surface area contributed by atoms with E-state index in [1.54, 1.807) is 0 Å². The van der Waals surface area contributed by atoms with E-state index in [0.717, 1.165) is 31.5 Å². The van der Waals surface area contributed by atoms with Crippen molar-refractivity contribution in [2.75, 3.05) is 13.1 Å². The molecule has 0 aromatic heterocycles. The van der Waals surface area contributed by atoms with Crippen LogP contribution in [0.25, 0.3) is 0 Å². The van der Waals surface area contributed by atoms with Crippen molar-refractivity contribution in [1.82, 2.24) is 10.2 Å². The highest BCUT2D eigenvalue weighted by molar-refractivity contribution is 5.86. The summed E-state index contributed by atoms with van der Waals surface area (Å²) in [7, 11) is 0. The number of benzene rings is 1. The minimum absolute atomic E-state index is 0.0276. The Morgan fingerprint density at radius 2 is 2.00 bits per heavy atom. The molecule has 0 spiro atoms. The molecule has 0 bridgehead atoms. The second-order valence-corrected chi connectivity index (χ2v) is 6.21. The molecule has 2 rings (SSSR count). The topological polar surface area (TPSA) is 56.1 Å². The lowest BCUT2D eigenvalue weighted by molar-refractivity contribution is -0.138. The van der Waals surface area contributed by atoms with Gasteiger partial charge in [-0.3, -0.25) is 4.79 Å². The van der Waals surface area contributed by atoms with Crippen LogP contribution in [0.1, 0.15) is 32.3 Å². The van der Waals surface area contributed by atoms with Crippen molar-refractivity contribution in [3.63, 3.8) is 0 Å². The van der Waals surface area contributed by atoms with E-state index in [9.17, 15) is 4.79 Å². The Kier molecular flexibility index (Phi) is 4.85. The summed E-state index contributed by atoms with van der Waals surface area (Å²) in [5, 5.41) is 11.8. The number of carbonyl (C=O) groups excluding carboxylic acids is 1. The Morgan fingerprint density at radius 1 is 1.38 bits per heavy atom. The van der Waals surface area contributed by atoms with Gasteiger partial charge in [-0.25, -0.2) is 0 Å². The summed E-state index contributed by atoms with van der Waals surface area (Å²) in [6, 6.07) is 9.84. The lowest BCUT2D eigenvalue weighted by Crippen LogP contribution is -2.57. The van der Waals surface area contributed by atoms with E-state index in [2.05, 4.69) is 12.2 Å². The summed E-state index contributed by atoms with van der Waals surface area (Å²) in [6.45, 7) is 5.62. The van der Waals surface area contributed by atoms with Crippen molar-refractivity contribution in [3.05, 3.63) is 35.9 Å². The van der Waals surface area contributed by atoms with E-state index in [1.165, 1.54) is 0 Å². The van der Waals surface area contributed by atoms with Crippen LogP contribution >= 0.6 is 0 Å². The summed E-state index contributed by atoms with van der Waals surface area (Å²) >= 11 is 0. The van der Waals surface area contributed by atoms with Crippen LogP contribution in [-0.4, -0.2) is 29.4 Å². The van der Waals surface area contributed by atoms with Crippen molar-refractivity contribution in [2.45, 2.75) is 38.6 Å². The van der Waals surface area contributed by atoms with Gasteiger partial charge < -0.3 is 10.2 Å². The van der Waals surface area contributed by atoms with Gasteiger partial charge >= 0.3 is 0 Å². The molecule has 0 aliphatic carbocycles. The van der Waals surface area contributed by atoms with Gasteiger partial charge in [-0.1, -0.05) is 37.3 Å². The van der Waals surface area contributed by atoms with E-state index in [-0.39, 0.29) is 5.91 Å². The molecule has 21 heavy (non-hydrogen) atoms. The normalized spacial score (nSPS) is 18.6. The minimum atomic E-state index is -0.864. The van der Waals surface area contributed by atoms with Gasteiger partial charge in [0.05, 0.1) is 0 Å². The van der Waals surface area contributed by atoms with Crippen molar-refractivity contribution >= 4 is 5.91 Å². The lowest BCUT2D eigenvalue weighted by Gasteiger charge is -2.37. The quantitative estimate of drug-likeness (QED) is 0.682. The standard InChI is InChI=1S/C17H23N3O/c1-14-8-10-20(11-9-14)16(21)17(2,19-13-18)12-15-6-4-3-5-7-15/h3-7,14,19H,8-12H2,1-2H3/t17-/m0/s1. The largest absolute Gasteiger partial charge is 0.341 e. The van der Waals surface area contributed by atoms with Crippen LogP contribution < -0.4 is 5.32 Å². The second-order valence-electron chi connectivity index (χ2n) is 6.21. The number of carbonyl (C=O) groups is 1. The van der Waals surface area contributed by atoms with E-state index < -0.39 is 5.54 Å². The summed E-state index contributed by atoms with van der Waals surface area (Å²) in [4.78, 5) is 14.7. The summed E-state index contributed by atoms with van der Waals surface area (Å²) in [5.41, 5.74) is 0.193. The number of nitriles is 1. The van der Waals surface area contributed by atoms with E-state index in [4.69, 9.17) is 5.26 Å². The number of hydrogen-bond donors (Lipinski definition) is 1. The molecule has 1 heterocycles. The molecular weight excluding hydrogens is 262 g/mol. The Hall–Kier alpha value is -2.02. The maximum Gasteiger partial charge on any atom is 0.248 e. The molecule has 4 nitrogen and oxygen atoms in total. The zero-order valence-electron chi connectivity index (χ0n) is 12.8. The minimum Gasteiger partial charge on any atom is -0.341 e. The van der Waals surface area contributed by atoms with Gasteiger partial charge in [0.15, 0.2) is 6.19 Å². The first kappa shape index (κ1) is 15.4. The molecule has 1 saturated heterocycles. The highest BCUT2D eigenvalue weighted by atomic mass is 16.2. The van der Waals surface area contributed by atoms with Crippen molar-refractivity contribution < 1.29 is 4.79 Å². The molecule has 1 fully saturated rings. The van der Waals surface area contributed by atoms with Crippen LogP contribution in [0.15, 0.2) is 30.3 Å². The maximum absolute atomic E-state index is 12.8. The Morgan fingerprint density at radius 3 is 2.57 bits per heavy atom. The molecule has 1 N–H and O–H groups in total. The fourth-order valence-corrected chi connectivity index (χ4v) is 2.86. The predicted molar refractivity (Wildman–Crippen MR) is 82.3 cm³/mol. The van der Waals surface area contributed by atoms with E-state index in [1.807, 2.05) is 48.3 Å². The van der Waals surface area contributed by atoms with Crippen LogP contribution in [0, 0.1) is 17.4 Å². The molecule has 1 amide bonds. The van der Waals surface area contributed by atoms with E-state index >= 15 is 0 Å². The molecule has 0 saturated carbocycles. The van der Waals surface area contributed by atoms with Crippen LogP contribution in [0.3, 0.4) is 0 Å². The molecule has 1 atom stereocenters. The third-order valence-corrected chi connectivity index (χ3v) is 4.28. The molecule has 0 radical (unpaired) electrons. The third-order valence-electron chi connectivity index (χ3n) is 4.28. The maximum atomic E-state index is 12.8. The first-order valence-electron chi connectivity index (χ1n) is 7.55. The summed E-state index contributed by atoms with van der Waals surface area (Å²) in [6.07, 6.45) is 4.56. The number of likely N-dealkylation sites (tertiary alicyclic amines) is 1. The highest BCUT2D eigenvalue weighted by Crippen LogP contribution is 2.22. The van der Waals surface area contributed by atoms with Gasteiger partial charge in [0.1, 0.15) is 5.54 Å². The summed E-state index contributed by atoms with van der Waals surface area (Å²) < 4.78 is 0. The van der Waals surface area contributed by atoms with Crippen molar-refractivity contribution in [3.8, 4) is 6.19 Å². The zero-order valence-corrected chi connectivity index (χ0v) is 12.8. The molecule has 1 aliphatic heterocycles. The molecule has 1 aromatic carbocycles. The third kappa shape index (κ3) is 3.75. The fraction of sp³-hybridized carbons (Fsp3) is 0.529. The number of amides is 1. The smallest absolute Gasteiger partial charge is 0.248 e. The van der Waals surface area contributed by atoms with Crippen LogP contribution in [-0.2, 0) is 11.2 Å².